The molecule has 0 saturated heterocycles. The fraction of sp³-hybridized carbons (Fsp3) is 0.636. The summed E-state index contributed by atoms with van der Waals surface area (Å²) in [6.45, 7) is 8.06. The minimum atomic E-state index is -0.866. The van der Waals surface area contributed by atoms with Gasteiger partial charge in [0, 0.05) is 11.2 Å². The van der Waals surface area contributed by atoms with Crippen LogP contribution in [0.3, 0.4) is 0 Å². The molecule has 0 aliphatic heterocycles. The predicted molar refractivity (Wildman–Crippen MR) is 69.6 cm³/mol. The summed E-state index contributed by atoms with van der Waals surface area (Å²) in [4.78, 5) is 16.0. The molecule has 16 heavy (non-hydrogen) atoms. The van der Waals surface area contributed by atoms with Crippen molar-refractivity contribution in [1.29, 1.82) is 0 Å². The summed E-state index contributed by atoms with van der Waals surface area (Å²) in [6, 6.07) is 0. The molecule has 0 radical (unpaired) electrons. The van der Waals surface area contributed by atoms with Gasteiger partial charge in [0.25, 0.3) is 0 Å². The van der Waals surface area contributed by atoms with E-state index in [4.69, 9.17) is 5.11 Å². The molecule has 0 amide bonds. The van der Waals surface area contributed by atoms with E-state index < -0.39 is 5.97 Å². The average molecular weight is 259 g/mol. The van der Waals surface area contributed by atoms with Gasteiger partial charge in [0.2, 0.25) is 0 Å². The lowest BCUT2D eigenvalue weighted by molar-refractivity contribution is 0.0699. The third-order valence-electron chi connectivity index (χ3n) is 2.01. The van der Waals surface area contributed by atoms with E-state index in [1.807, 2.05) is 20.8 Å². The second-order valence-corrected chi connectivity index (χ2v) is 6.84. The van der Waals surface area contributed by atoms with E-state index in [0.717, 1.165) is 16.5 Å². The molecule has 0 fully saturated rings. The molecule has 1 aromatic rings. The second-order valence-electron chi connectivity index (χ2n) is 4.48. The average Bonchev–Trinajstić information content (AvgIpc) is 2.58. The standard InChI is InChI=1S/C11H17NO2S2/c1-5-15-6-7-12-9(11(2,3)4)8(16-7)10(13)14/h5-6H2,1-4H3,(H,13,14). The molecule has 1 N–H and O–H groups in total. The van der Waals surface area contributed by atoms with Crippen LogP contribution >= 0.6 is 23.1 Å². The van der Waals surface area contributed by atoms with Gasteiger partial charge in [-0.1, -0.05) is 27.7 Å². The van der Waals surface area contributed by atoms with Gasteiger partial charge in [0.1, 0.15) is 9.88 Å². The van der Waals surface area contributed by atoms with Crippen molar-refractivity contribution < 1.29 is 9.90 Å². The van der Waals surface area contributed by atoms with Gasteiger partial charge in [-0.05, 0) is 5.75 Å². The highest BCUT2D eigenvalue weighted by Crippen LogP contribution is 2.31. The molecule has 0 spiro atoms. The molecule has 3 nitrogen and oxygen atoms in total. The van der Waals surface area contributed by atoms with Gasteiger partial charge in [-0.2, -0.15) is 11.8 Å². The SMILES string of the molecule is CCSCc1nc(C(C)(C)C)c(C(=O)O)s1. The maximum absolute atomic E-state index is 11.1. The van der Waals surface area contributed by atoms with Gasteiger partial charge in [0.05, 0.1) is 5.69 Å². The first-order chi connectivity index (χ1) is 7.36. The maximum Gasteiger partial charge on any atom is 0.347 e. The lowest BCUT2D eigenvalue weighted by Crippen LogP contribution is -2.16. The summed E-state index contributed by atoms with van der Waals surface area (Å²) in [5, 5.41) is 10.0. The number of nitrogens with zero attached hydrogens (tertiary/aromatic N) is 1. The van der Waals surface area contributed by atoms with E-state index in [9.17, 15) is 4.79 Å². The molecule has 0 aromatic carbocycles. The summed E-state index contributed by atoms with van der Waals surface area (Å²) < 4.78 is 0. The van der Waals surface area contributed by atoms with Gasteiger partial charge < -0.3 is 5.11 Å². The monoisotopic (exact) mass is 259 g/mol. The molecule has 1 rings (SSSR count). The topological polar surface area (TPSA) is 50.2 Å². The van der Waals surface area contributed by atoms with Crippen LogP contribution in [0.2, 0.25) is 0 Å². The Morgan fingerprint density at radius 1 is 1.50 bits per heavy atom. The van der Waals surface area contributed by atoms with Crippen molar-refractivity contribution in [2.75, 3.05) is 5.75 Å². The Kier molecular flexibility index (Phi) is 4.38. The zero-order valence-corrected chi connectivity index (χ0v) is 11.7. The first-order valence-electron chi connectivity index (χ1n) is 5.17. The first-order valence-corrected chi connectivity index (χ1v) is 7.14. The molecule has 90 valence electrons. The van der Waals surface area contributed by atoms with Gasteiger partial charge in [0.15, 0.2) is 0 Å². The molecule has 1 aromatic heterocycles. The minimum Gasteiger partial charge on any atom is -0.477 e. The Bertz CT molecular complexity index is 380. The van der Waals surface area contributed by atoms with Gasteiger partial charge in [-0.25, -0.2) is 9.78 Å². The highest BCUT2D eigenvalue weighted by molar-refractivity contribution is 7.98. The maximum atomic E-state index is 11.1. The highest BCUT2D eigenvalue weighted by atomic mass is 32.2. The van der Waals surface area contributed by atoms with Crippen LogP contribution in [0.4, 0.5) is 0 Å². The number of carbonyl (C=O) groups is 1. The van der Waals surface area contributed by atoms with Crippen molar-refractivity contribution >= 4 is 29.1 Å². The van der Waals surface area contributed by atoms with Crippen LogP contribution in [0.5, 0.6) is 0 Å². The molecule has 0 aliphatic rings. The summed E-state index contributed by atoms with van der Waals surface area (Å²) >= 11 is 3.06. The Balaban J connectivity index is 3.06. The van der Waals surface area contributed by atoms with Gasteiger partial charge in [-0.15, -0.1) is 11.3 Å². The molecule has 5 heteroatoms. The lowest BCUT2D eigenvalue weighted by Gasteiger charge is -2.15. The quantitative estimate of drug-likeness (QED) is 0.900. The Hall–Kier alpha value is -0.550. The number of carboxylic acid groups (broad SMARTS) is 1. The lowest BCUT2D eigenvalue weighted by atomic mass is 9.91. The zero-order valence-electron chi connectivity index (χ0n) is 10.0. The fourth-order valence-electron chi connectivity index (χ4n) is 1.27. The van der Waals surface area contributed by atoms with Crippen LogP contribution < -0.4 is 0 Å². The van der Waals surface area contributed by atoms with Crippen LogP contribution in [0.1, 0.15) is 48.1 Å². The van der Waals surface area contributed by atoms with Crippen LogP contribution in [0.15, 0.2) is 0 Å². The Morgan fingerprint density at radius 3 is 2.50 bits per heavy atom. The Labute approximate surface area is 104 Å². The highest BCUT2D eigenvalue weighted by Gasteiger charge is 2.26. The van der Waals surface area contributed by atoms with Crippen LogP contribution in [0.25, 0.3) is 0 Å². The summed E-state index contributed by atoms with van der Waals surface area (Å²) in [5.41, 5.74) is 0.496. The second kappa shape index (κ2) is 5.19. The van der Waals surface area contributed by atoms with E-state index in [0.29, 0.717) is 10.6 Å². The molecule has 0 aliphatic carbocycles. The van der Waals surface area contributed by atoms with E-state index >= 15 is 0 Å². The van der Waals surface area contributed by atoms with Crippen molar-refractivity contribution in [3.05, 3.63) is 15.6 Å². The van der Waals surface area contributed by atoms with Crippen LogP contribution in [-0.2, 0) is 11.2 Å². The largest absolute Gasteiger partial charge is 0.477 e. The van der Waals surface area contributed by atoms with E-state index in [1.165, 1.54) is 11.3 Å². The zero-order chi connectivity index (χ0) is 12.3. The summed E-state index contributed by atoms with van der Waals surface area (Å²) in [7, 11) is 0. The number of thiazole rings is 1. The van der Waals surface area contributed by atoms with Gasteiger partial charge >= 0.3 is 5.97 Å². The minimum absolute atomic E-state index is 0.209. The normalized spacial score (nSPS) is 11.8. The van der Waals surface area contributed by atoms with E-state index in [2.05, 4.69) is 11.9 Å². The molecule has 0 saturated carbocycles. The predicted octanol–water partition coefficient (Wildman–Crippen LogP) is 3.39. The van der Waals surface area contributed by atoms with E-state index in [1.54, 1.807) is 11.8 Å². The molecule has 0 atom stereocenters. The summed E-state index contributed by atoms with van der Waals surface area (Å²) in [6.07, 6.45) is 0. The van der Waals surface area contributed by atoms with Crippen LogP contribution in [-0.4, -0.2) is 21.8 Å². The number of carboxylic acids is 1. The number of thioether (sulfide) groups is 1. The third-order valence-corrected chi connectivity index (χ3v) is 4.12. The third kappa shape index (κ3) is 3.22. The number of rotatable bonds is 4. The fourth-order valence-corrected chi connectivity index (χ4v) is 3.11. The number of aromatic carboxylic acids is 1. The molecule has 0 unspecified atom stereocenters. The number of hydrogen-bond acceptors (Lipinski definition) is 4. The smallest absolute Gasteiger partial charge is 0.347 e. The molecule has 1 heterocycles. The van der Waals surface area contributed by atoms with Crippen molar-refractivity contribution in [3.8, 4) is 0 Å². The van der Waals surface area contributed by atoms with Crippen LogP contribution in [0, 0.1) is 0 Å². The number of aromatic nitrogens is 1. The van der Waals surface area contributed by atoms with Crippen molar-refractivity contribution in [2.45, 2.75) is 38.9 Å². The molecule has 0 bridgehead atoms. The Morgan fingerprint density at radius 2 is 2.12 bits per heavy atom. The number of hydrogen-bond donors (Lipinski definition) is 1. The summed E-state index contributed by atoms with van der Waals surface area (Å²) in [5.74, 6) is 0.958. The van der Waals surface area contributed by atoms with Crippen molar-refractivity contribution in [2.24, 2.45) is 0 Å². The van der Waals surface area contributed by atoms with Crippen molar-refractivity contribution in [3.63, 3.8) is 0 Å². The van der Waals surface area contributed by atoms with Crippen molar-refractivity contribution in [1.82, 2.24) is 4.98 Å². The van der Waals surface area contributed by atoms with Gasteiger partial charge in [-0.3, -0.25) is 0 Å². The molecular formula is C11H17NO2S2. The molecular weight excluding hydrogens is 242 g/mol. The first kappa shape index (κ1) is 13.5. The van der Waals surface area contributed by atoms with E-state index in [-0.39, 0.29) is 5.41 Å².